The Kier molecular flexibility index (Phi) is 4.32. The van der Waals surface area contributed by atoms with Gasteiger partial charge in [0.1, 0.15) is 5.69 Å². The van der Waals surface area contributed by atoms with Crippen LogP contribution < -0.4 is 5.32 Å². The van der Waals surface area contributed by atoms with Crippen molar-refractivity contribution in [3.8, 4) is 0 Å². The van der Waals surface area contributed by atoms with Crippen LogP contribution in [-0.4, -0.2) is 22.0 Å². The van der Waals surface area contributed by atoms with Gasteiger partial charge in [0.05, 0.1) is 5.56 Å². The number of pyridine rings is 1. The number of carbonyl (C=O) groups is 2. The van der Waals surface area contributed by atoms with Crippen LogP contribution in [0.1, 0.15) is 26.4 Å². The van der Waals surface area contributed by atoms with Crippen molar-refractivity contribution in [3.05, 3.63) is 64.4 Å². The fraction of sp³-hybridized carbons (Fsp3) is 0.0714. The summed E-state index contributed by atoms with van der Waals surface area (Å²) < 4.78 is 0. The number of amides is 1. The van der Waals surface area contributed by atoms with Gasteiger partial charge in [0.15, 0.2) is 0 Å². The summed E-state index contributed by atoms with van der Waals surface area (Å²) in [6.07, 6.45) is 1.38. The van der Waals surface area contributed by atoms with Crippen LogP contribution in [0.2, 0.25) is 5.02 Å². The van der Waals surface area contributed by atoms with E-state index < -0.39 is 11.9 Å². The highest BCUT2D eigenvalue weighted by Gasteiger charge is 2.17. The number of aromatic nitrogens is 1. The number of aromatic carboxylic acids is 1. The first-order valence-corrected chi connectivity index (χ1v) is 6.16. The Morgan fingerprint density at radius 3 is 2.55 bits per heavy atom. The maximum atomic E-state index is 11.9. The molecule has 0 bridgehead atoms. The average Bonchev–Trinajstić information content (AvgIpc) is 2.46. The van der Waals surface area contributed by atoms with Crippen molar-refractivity contribution in [1.82, 2.24) is 10.3 Å². The summed E-state index contributed by atoms with van der Waals surface area (Å²) in [5.41, 5.74) is 0.630. The minimum Gasteiger partial charge on any atom is -0.478 e. The minimum atomic E-state index is -1.19. The van der Waals surface area contributed by atoms with Gasteiger partial charge < -0.3 is 10.4 Å². The van der Waals surface area contributed by atoms with Gasteiger partial charge in [0.25, 0.3) is 5.91 Å². The number of benzene rings is 1. The number of carboxylic acids is 1. The van der Waals surface area contributed by atoms with Gasteiger partial charge in [-0.05, 0) is 29.8 Å². The van der Waals surface area contributed by atoms with Crippen LogP contribution in [0.5, 0.6) is 0 Å². The van der Waals surface area contributed by atoms with Gasteiger partial charge in [-0.25, -0.2) is 4.79 Å². The van der Waals surface area contributed by atoms with Crippen LogP contribution in [0.4, 0.5) is 0 Å². The Hall–Kier alpha value is -2.40. The van der Waals surface area contributed by atoms with E-state index in [9.17, 15) is 9.59 Å². The third-order valence-electron chi connectivity index (χ3n) is 2.62. The maximum absolute atomic E-state index is 11.9. The van der Waals surface area contributed by atoms with Gasteiger partial charge >= 0.3 is 5.97 Å². The van der Waals surface area contributed by atoms with Crippen molar-refractivity contribution in [1.29, 1.82) is 0 Å². The molecule has 2 rings (SSSR count). The number of nitrogens with zero attached hydrogens (tertiary/aromatic N) is 1. The monoisotopic (exact) mass is 290 g/mol. The largest absolute Gasteiger partial charge is 0.478 e. The SMILES string of the molecule is O=C(O)c1cccnc1C(=O)NCc1ccc(Cl)cc1. The van der Waals surface area contributed by atoms with Crippen LogP contribution in [-0.2, 0) is 6.54 Å². The number of hydrogen-bond donors (Lipinski definition) is 2. The lowest BCUT2D eigenvalue weighted by Crippen LogP contribution is -2.26. The average molecular weight is 291 g/mol. The highest BCUT2D eigenvalue weighted by Crippen LogP contribution is 2.10. The van der Waals surface area contributed by atoms with Gasteiger partial charge in [-0.15, -0.1) is 0 Å². The molecule has 0 aliphatic rings. The molecule has 0 aliphatic carbocycles. The standard InChI is InChI=1S/C14H11ClN2O3/c15-10-5-3-9(4-6-10)8-17-13(18)12-11(14(19)20)2-1-7-16-12/h1-7H,8H2,(H,17,18)(H,19,20). The van der Waals surface area contributed by atoms with Crippen LogP contribution in [0.15, 0.2) is 42.6 Å². The molecule has 0 aliphatic heterocycles. The van der Waals surface area contributed by atoms with Crippen LogP contribution >= 0.6 is 11.6 Å². The van der Waals surface area contributed by atoms with E-state index in [2.05, 4.69) is 10.3 Å². The van der Waals surface area contributed by atoms with Gasteiger partial charge in [-0.3, -0.25) is 9.78 Å². The molecule has 0 radical (unpaired) electrons. The van der Waals surface area contributed by atoms with Crippen LogP contribution in [0.3, 0.4) is 0 Å². The van der Waals surface area contributed by atoms with Crippen molar-refractivity contribution in [3.63, 3.8) is 0 Å². The highest BCUT2D eigenvalue weighted by molar-refractivity contribution is 6.30. The summed E-state index contributed by atoms with van der Waals surface area (Å²) in [4.78, 5) is 26.8. The van der Waals surface area contributed by atoms with Crippen LogP contribution in [0.25, 0.3) is 0 Å². The van der Waals surface area contributed by atoms with Crippen molar-refractivity contribution < 1.29 is 14.7 Å². The first-order chi connectivity index (χ1) is 9.58. The molecule has 5 nitrogen and oxygen atoms in total. The van der Waals surface area contributed by atoms with Gasteiger partial charge in [-0.1, -0.05) is 23.7 Å². The predicted octanol–water partition coefficient (Wildman–Crippen LogP) is 2.36. The van der Waals surface area contributed by atoms with E-state index in [0.717, 1.165) is 5.56 Å². The predicted molar refractivity (Wildman–Crippen MR) is 73.8 cm³/mol. The van der Waals surface area contributed by atoms with Crippen molar-refractivity contribution in [2.45, 2.75) is 6.54 Å². The molecule has 0 saturated heterocycles. The zero-order chi connectivity index (χ0) is 14.5. The second-order valence-corrected chi connectivity index (χ2v) is 4.45. The fourth-order valence-electron chi connectivity index (χ4n) is 1.63. The lowest BCUT2D eigenvalue weighted by Gasteiger charge is -2.07. The molecule has 0 unspecified atom stereocenters. The van der Waals surface area contributed by atoms with Gasteiger partial charge in [0, 0.05) is 17.8 Å². The molecule has 6 heteroatoms. The van der Waals surface area contributed by atoms with Crippen LogP contribution in [0, 0.1) is 0 Å². The summed E-state index contributed by atoms with van der Waals surface area (Å²) in [5, 5.41) is 12.2. The molecule has 0 atom stereocenters. The zero-order valence-corrected chi connectivity index (χ0v) is 11.1. The number of rotatable bonds is 4. The number of nitrogens with one attached hydrogen (secondary N) is 1. The third kappa shape index (κ3) is 3.33. The maximum Gasteiger partial charge on any atom is 0.338 e. The van der Waals surface area contributed by atoms with E-state index in [1.807, 2.05) is 0 Å². The summed E-state index contributed by atoms with van der Waals surface area (Å²) in [5.74, 6) is -1.72. The Labute approximate surface area is 120 Å². The number of hydrogen-bond acceptors (Lipinski definition) is 3. The summed E-state index contributed by atoms with van der Waals surface area (Å²) in [6, 6.07) is 9.79. The normalized spacial score (nSPS) is 10.1. The first-order valence-electron chi connectivity index (χ1n) is 5.79. The molecule has 2 aromatic rings. The van der Waals surface area contributed by atoms with Gasteiger partial charge in [0.2, 0.25) is 0 Å². The lowest BCUT2D eigenvalue weighted by molar-refractivity contribution is 0.0690. The van der Waals surface area contributed by atoms with E-state index in [4.69, 9.17) is 16.7 Å². The molecule has 102 valence electrons. The van der Waals surface area contributed by atoms with Gasteiger partial charge in [-0.2, -0.15) is 0 Å². The molecule has 2 N–H and O–H groups in total. The summed E-state index contributed by atoms with van der Waals surface area (Å²) >= 11 is 5.76. The smallest absolute Gasteiger partial charge is 0.338 e. The second-order valence-electron chi connectivity index (χ2n) is 4.01. The molecule has 0 saturated carbocycles. The zero-order valence-electron chi connectivity index (χ0n) is 10.3. The van der Waals surface area contributed by atoms with E-state index in [0.29, 0.717) is 5.02 Å². The Morgan fingerprint density at radius 1 is 1.20 bits per heavy atom. The number of carbonyl (C=O) groups excluding carboxylic acids is 1. The van der Waals surface area contributed by atoms with E-state index in [1.54, 1.807) is 24.3 Å². The molecule has 1 aromatic carbocycles. The first kappa shape index (κ1) is 14.0. The Morgan fingerprint density at radius 2 is 1.90 bits per heavy atom. The van der Waals surface area contributed by atoms with Crippen molar-refractivity contribution in [2.24, 2.45) is 0 Å². The Bertz CT molecular complexity index is 641. The number of halogens is 1. The molecule has 1 heterocycles. The van der Waals surface area contributed by atoms with Crippen molar-refractivity contribution >= 4 is 23.5 Å². The molecular weight excluding hydrogens is 280 g/mol. The van der Waals surface area contributed by atoms with E-state index >= 15 is 0 Å². The molecule has 1 amide bonds. The topological polar surface area (TPSA) is 79.3 Å². The molecule has 0 fully saturated rings. The summed E-state index contributed by atoms with van der Waals surface area (Å²) in [6.45, 7) is 0.269. The van der Waals surface area contributed by atoms with Crippen molar-refractivity contribution in [2.75, 3.05) is 0 Å². The molecular formula is C14H11ClN2O3. The highest BCUT2D eigenvalue weighted by atomic mass is 35.5. The molecule has 0 spiro atoms. The van der Waals surface area contributed by atoms with E-state index in [1.165, 1.54) is 18.3 Å². The molecule has 20 heavy (non-hydrogen) atoms. The molecule has 1 aromatic heterocycles. The Balaban J connectivity index is 2.09. The number of carboxylic acid groups (broad SMARTS) is 1. The minimum absolute atomic E-state index is 0.103. The third-order valence-corrected chi connectivity index (χ3v) is 2.87. The fourth-order valence-corrected chi connectivity index (χ4v) is 1.75. The second kappa shape index (κ2) is 6.16. The quantitative estimate of drug-likeness (QED) is 0.906. The lowest BCUT2D eigenvalue weighted by atomic mass is 10.1. The summed E-state index contributed by atoms with van der Waals surface area (Å²) in [7, 11) is 0. The van der Waals surface area contributed by atoms with E-state index in [-0.39, 0.29) is 17.8 Å².